The molecule has 0 amide bonds. The zero-order chi connectivity index (χ0) is 23.6. The van der Waals surface area contributed by atoms with Gasteiger partial charge in [0.1, 0.15) is 5.82 Å². The zero-order valence-corrected chi connectivity index (χ0v) is 19.9. The Morgan fingerprint density at radius 1 is 0.714 bits per heavy atom. The van der Waals surface area contributed by atoms with E-state index in [0.29, 0.717) is 0 Å². The second-order valence-corrected chi connectivity index (χ2v) is 10.1. The molecule has 2 nitrogen and oxygen atoms in total. The molecule has 0 N–H and O–H groups in total. The van der Waals surface area contributed by atoms with Crippen molar-refractivity contribution in [1.82, 2.24) is 9.55 Å². The van der Waals surface area contributed by atoms with Gasteiger partial charge in [-0.2, -0.15) is 0 Å². The molecule has 35 heavy (non-hydrogen) atoms. The zero-order valence-electron chi connectivity index (χ0n) is 19.9. The standard InChI is InChI=1S/C32H25BN2/c1-32(2)26-17-9-10-18-27(26)33(24-14-4-3-5-15-24)30-25-16-8-11-19-28(25)35(31(30)32)29-20-22-12-6-7-13-23(22)21-34-29/h3-21H,1-2H3. The third kappa shape index (κ3) is 2.88. The van der Waals surface area contributed by atoms with E-state index in [4.69, 9.17) is 4.98 Å². The molecule has 3 heteroatoms. The number of aromatic nitrogens is 2. The Morgan fingerprint density at radius 2 is 1.40 bits per heavy atom. The van der Waals surface area contributed by atoms with Crippen LogP contribution in [0, 0.1) is 0 Å². The Hall–Kier alpha value is -4.11. The van der Waals surface area contributed by atoms with Crippen molar-refractivity contribution in [2.75, 3.05) is 0 Å². The molecular weight excluding hydrogens is 423 g/mol. The molecule has 166 valence electrons. The van der Waals surface area contributed by atoms with Gasteiger partial charge in [0.25, 0.3) is 0 Å². The predicted molar refractivity (Wildman–Crippen MR) is 148 cm³/mol. The van der Waals surface area contributed by atoms with E-state index in [-0.39, 0.29) is 12.1 Å². The van der Waals surface area contributed by atoms with Gasteiger partial charge in [0.15, 0.2) is 0 Å². The first-order chi connectivity index (χ1) is 17.1. The van der Waals surface area contributed by atoms with Crippen molar-refractivity contribution in [3.63, 3.8) is 0 Å². The second kappa shape index (κ2) is 7.45. The second-order valence-electron chi connectivity index (χ2n) is 10.1. The number of benzene rings is 4. The van der Waals surface area contributed by atoms with Crippen molar-refractivity contribution in [3.8, 4) is 5.82 Å². The van der Waals surface area contributed by atoms with E-state index in [1.807, 2.05) is 6.20 Å². The first kappa shape index (κ1) is 20.3. The van der Waals surface area contributed by atoms with Gasteiger partial charge in [0.2, 0.25) is 6.71 Å². The van der Waals surface area contributed by atoms with Gasteiger partial charge in [0, 0.05) is 22.7 Å². The van der Waals surface area contributed by atoms with Gasteiger partial charge in [-0.1, -0.05) is 122 Å². The first-order valence-corrected chi connectivity index (χ1v) is 12.3. The Morgan fingerprint density at radius 3 is 2.26 bits per heavy atom. The van der Waals surface area contributed by atoms with Gasteiger partial charge in [-0.15, -0.1) is 0 Å². The largest absolute Gasteiger partial charge is 0.298 e. The van der Waals surface area contributed by atoms with Crippen LogP contribution in [0.15, 0.2) is 115 Å². The summed E-state index contributed by atoms with van der Waals surface area (Å²) >= 11 is 0. The van der Waals surface area contributed by atoms with Crippen molar-refractivity contribution >= 4 is 44.8 Å². The highest BCUT2D eigenvalue weighted by molar-refractivity contribution is 6.98. The molecule has 0 atom stereocenters. The fraction of sp³-hybridized carbons (Fsp3) is 0.0938. The van der Waals surface area contributed by atoms with Crippen LogP contribution >= 0.6 is 0 Å². The van der Waals surface area contributed by atoms with Crippen LogP contribution < -0.4 is 16.4 Å². The van der Waals surface area contributed by atoms with Crippen molar-refractivity contribution in [1.29, 1.82) is 0 Å². The van der Waals surface area contributed by atoms with Gasteiger partial charge in [-0.05, 0) is 33.9 Å². The number of fused-ring (bicyclic) bond motifs is 5. The highest BCUT2D eigenvalue weighted by atomic mass is 15.1. The molecule has 7 rings (SSSR count). The molecule has 0 saturated heterocycles. The van der Waals surface area contributed by atoms with Gasteiger partial charge < -0.3 is 0 Å². The van der Waals surface area contributed by atoms with Crippen LogP contribution in [-0.4, -0.2) is 16.3 Å². The highest BCUT2D eigenvalue weighted by Crippen LogP contribution is 2.38. The maximum Gasteiger partial charge on any atom is 0.244 e. The first-order valence-electron chi connectivity index (χ1n) is 12.3. The lowest BCUT2D eigenvalue weighted by molar-refractivity contribution is 0.608. The quantitative estimate of drug-likeness (QED) is 0.327. The topological polar surface area (TPSA) is 17.8 Å². The minimum absolute atomic E-state index is 0.169. The Labute approximate surface area is 206 Å². The van der Waals surface area contributed by atoms with E-state index in [2.05, 4.69) is 128 Å². The molecule has 0 fully saturated rings. The van der Waals surface area contributed by atoms with Crippen LogP contribution in [0.25, 0.3) is 27.5 Å². The van der Waals surface area contributed by atoms with Crippen molar-refractivity contribution < 1.29 is 0 Å². The van der Waals surface area contributed by atoms with Crippen LogP contribution in [0.3, 0.4) is 0 Å². The summed E-state index contributed by atoms with van der Waals surface area (Å²) in [5, 5.41) is 3.67. The number of hydrogen-bond acceptors (Lipinski definition) is 1. The Balaban J connectivity index is 1.64. The Bertz CT molecular complexity index is 1730. The van der Waals surface area contributed by atoms with Crippen molar-refractivity contribution in [3.05, 3.63) is 127 Å². The molecule has 0 spiro atoms. The summed E-state index contributed by atoms with van der Waals surface area (Å²) in [6.07, 6.45) is 2.00. The van der Waals surface area contributed by atoms with E-state index in [9.17, 15) is 0 Å². The molecule has 0 aliphatic carbocycles. The maximum absolute atomic E-state index is 4.99. The average molecular weight is 448 g/mol. The molecule has 4 aromatic carbocycles. The molecule has 0 bridgehead atoms. The lowest BCUT2D eigenvalue weighted by Crippen LogP contribution is -2.60. The Kier molecular flexibility index (Phi) is 4.32. The summed E-state index contributed by atoms with van der Waals surface area (Å²) in [6.45, 7) is 4.90. The van der Waals surface area contributed by atoms with E-state index in [1.165, 1.54) is 43.9 Å². The van der Waals surface area contributed by atoms with Gasteiger partial charge in [-0.25, -0.2) is 4.98 Å². The van der Waals surface area contributed by atoms with E-state index >= 15 is 0 Å². The summed E-state index contributed by atoms with van der Waals surface area (Å²) in [4.78, 5) is 4.99. The summed E-state index contributed by atoms with van der Waals surface area (Å²) in [5.41, 5.74) is 7.84. The monoisotopic (exact) mass is 448 g/mol. The third-order valence-electron chi connectivity index (χ3n) is 7.72. The molecule has 0 radical (unpaired) electrons. The third-order valence-corrected chi connectivity index (χ3v) is 7.72. The average Bonchev–Trinajstić information content (AvgIpc) is 3.25. The van der Waals surface area contributed by atoms with E-state index < -0.39 is 0 Å². The summed E-state index contributed by atoms with van der Waals surface area (Å²) in [5.74, 6) is 0.973. The van der Waals surface area contributed by atoms with Gasteiger partial charge >= 0.3 is 0 Å². The predicted octanol–water partition coefficient (Wildman–Crippen LogP) is 5.33. The number of para-hydroxylation sites is 1. The maximum atomic E-state index is 4.99. The summed E-state index contributed by atoms with van der Waals surface area (Å²) < 4.78 is 2.42. The number of pyridine rings is 1. The van der Waals surface area contributed by atoms with Crippen LogP contribution in [0.2, 0.25) is 0 Å². The molecule has 6 aromatic rings. The molecule has 1 aliphatic heterocycles. The normalized spacial score (nSPS) is 14.2. The van der Waals surface area contributed by atoms with Crippen LogP contribution in [0.1, 0.15) is 25.1 Å². The summed E-state index contributed by atoms with van der Waals surface area (Å²) in [6, 6.07) is 39.5. The number of rotatable bonds is 2. The summed E-state index contributed by atoms with van der Waals surface area (Å²) in [7, 11) is 0. The van der Waals surface area contributed by atoms with E-state index in [0.717, 1.165) is 11.2 Å². The molecule has 0 saturated carbocycles. The molecule has 2 aromatic heterocycles. The smallest absolute Gasteiger partial charge is 0.244 e. The lowest BCUT2D eigenvalue weighted by Gasteiger charge is -2.38. The highest BCUT2D eigenvalue weighted by Gasteiger charge is 2.44. The lowest BCUT2D eigenvalue weighted by atomic mass is 9.32. The molecule has 0 unspecified atom stereocenters. The fourth-order valence-electron chi connectivity index (χ4n) is 6.20. The van der Waals surface area contributed by atoms with Crippen molar-refractivity contribution in [2.45, 2.75) is 19.3 Å². The van der Waals surface area contributed by atoms with Gasteiger partial charge in [-0.3, -0.25) is 4.57 Å². The molecular formula is C32H25BN2. The SMILES string of the molecule is CC1(C)c2ccccc2B(c2ccccc2)c2c1n(-c1cc3ccccc3cn1)c1ccccc21. The van der Waals surface area contributed by atoms with Crippen LogP contribution in [0.5, 0.6) is 0 Å². The number of nitrogens with zero attached hydrogens (tertiary/aromatic N) is 2. The molecule has 3 heterocycles. The minimum Gasteiger partial charge on any atom is -0.298 e. The van der Waals surface area contributed by atoms with Crippen LogP contribution in [-0.2, 0) is 5.41 Å². The van der Waals surface area contributed by atoms with Crippen molar-refractivity contribution in [2.24, 2.45) is 0 Å². The van der Waals surface area contributed by atoms with E-state index in [1.54, 1.807) is 0 Å². The minimum atomic E-state index is -0.191. The van der Waals surface area contributed by atoms with Gasteiger partial charge in [0.05, 0.1) is 5.52 Å². The van der Waals surface area contributed by atoms with Crippen LogP contribution in [0.4, 0.5) is 0 Å². The number of hydrogen-bond donors (Lipinski definition) is 0. The molecule has 1 aliphatic rings. The fourth-order valence-corrected chi connectivity index (χ4v) is 6.20.